The van der Waals surface area contributed by atoms with Gasteiger partial charge in [0.2, 0.25) is 0 Å². The van der Waals surface area contributed by atoms with Crippen LogP contribution in [0.15, 0.2) is 24.3 Å². The molecule has 3 amide bonds. The fourth-order valence-electron chi connectivity index (χ4n) is 3.95. The average molecular weight is 351 g/mol. The van der Waals surface area contributed by atoms with Gasteiger partial charge in [-0.1, -0.05) is 0 Å². The highest BCUT2D eigenvalue weighted by atomic mass is 35.5. The molecule has 2 unspecified atom stereocenters. The highest BCUT2D eigenvalue weighted by Gasteiger charge is 2.34. The molecule has 3 N–H and O–H groups in total. The molecule has 3 aliphatic rings. The van der Waals surface area contributed by atoms with Gasteiger partial charge in [-0.2, -0.15) is 0 Å². The normalized spacial score (nSPS) is 28.2. The van der Waals surface area contributed by atoms with Gasteiger partial charge in [-0.3, -0.25) is 9.69 Å². The summed E-state index contributed by atoms with van der Waals surface area (Å²) in [5, 5.41) is 9.52. The lowest BCUT2D eigenvalue weighted by molar-refractivity contribution is 0.0924. The van der Waals surface area contributed by atoms with Crippen LogP contribution in [0.1, 0.15) is 36.0 Å². The van der Waals surface area contributed by atoms with Crippen molar-refractivity contribution in [2.24, 2.45) is 0 Å². The second kappa shape index (κ2) is 6.99. The molecule has 3 saturated heterocycles. The number of amides is 3. The fraction of sp³-hybridized carbons (Fsp3) is 0.529. The van der Waals surface area contributed by atoms with Crippen LogP contribution in [0.3, 0.4) is 0 Å². The molecule has 3 fully saturated rings. The summed E-state index contributed by atoms with van der Waals surface area (Å²) in [6.07, 6.45) is 4.50. The molecule has 0 saturated carbocycles. The molecule has 7 heteroatoms. The van der Waals surface area contributed by atoms with Gasteiger partial charge >= 0.3 is 6.03 Å². The molecule has 0 aliphatic carbocycles. The molecule has 130 valence electrons. The van der Waals surface area contributed by atoms with E-state index < -0.39 is 0 Å². The number of halogens is 1. The van der Waals surface area contributed by atoms with Crippen LogP contribution < -0.4 is 20.9 Å². The van der Waals surface area contributed by atoms with E-state index in [1.165, 1.54) is 12.8 Å². The van der Waals surface area contributed by atoms with Gasteiger partial charge in [0.1, 0.15) is 0 Å². The van der Waals surface area contributed by atoms with Gasteiger partial charge in [0.25, 0.3) is 5.91 Å². The summed E-state index contributed by atoms with van der Waals surface area (Å²) < 4.78 is 0. The lowest BCUT2D eigenvalue weighted by Gasteiger charge is -2.29. The number of nitrogens with one attached hydrogen (secondary N) is 3. The predicted octanol–water partition coefficient (Wildman–Crippen LogP) is 1.65. The molecular formula is C17H23ClN4O2. The van der Waals surface area contributed by atoms with E-state index in [2.05, 4.69) is 16.0 Å². The molecule has 0 aromatic heterocycles. The summed E-state index contributed by atoms with van der Waals surface area (Å²) in [4.78, 5) is 25.8. The van der Waals surface area contributed by atoms with E-state index in [0.29, 0.717) is 30.7 Å². The molecule has 3 heterocycles. The summed E-state index contributed by atoms with van der Waals surface area (Å²) in [6, 6.07) is 8.60. The number of hydrogen-bond acceptors (Lipinski definition) is 3. The highest BCUT2D eigenvalue weighted by molar-refractivity contribution is 5.97. The Morgan fingerprint density at radius 3 is 2.38 bits per heavy atom. The molecule has 4 rings (SSSR count). The zero-order valence-corrected chi connectivity index (χ0v) is 14.3. The average Bonchev–Trinajstić information content (AvgIpc) is 3.13. The van der Waals surface area contributed by atoms with E-state index in [-0.39, 0.29) is 30.4 Å². The van der Waals surface area contributed by atoms with Crippen molar-refractivity contribution in [3.8, 4) is 0 Å². The number of hydrogen-bond donors (Lipinski definition) is 3. The first-order valence-electron chi connectivity index (χ1n) is 8.41. The molecule has 6 nitrogen and oxygen atoms in total. The summed E-state index contributed by atoms with van der Waals surface area (Å²) in [6.45, 7) is 1.33. The van der Waals surface area contributed by atoms with E-state index in [1.807, 2.05) is 12.1 Å². The first-order chi connectivity index (χ1) is 11.2. The summed E-state index contributed by atoms with van der Waals surface area (Å²) >= 11 is 0. The molecule has 0 radical (unpaired) electrons. The van der Waals surface area contributed by atoms with E-state index in [1.54, 1.807) is 17.0 Å². The summed E-state index contributed by atoms with van der Waals surface area (Å²) in [7, 11) is 0. The molecule has 1 aromatic carbocycles. The Labute approximate surface area is 147 Å². The Bertz CT molecular complexity index is 610. The van der Waals surface area contributed by atoms with Gasteiger partial charge in [-0.05, 0) is 49.9 Å². The molecule has 1 aromatic rings. The topological polar surface area (TPSA) is 73.5 Å². The number of carbonyl (C=O) groups excluding carboxylic acids is 2. The molecular weight excluding hydrogens is 328 g/mol. The zero-order valence-electron chi connectivity index (χ0n) is 13.5. The van der Waals surface area contributed by atoms with Crippen molar-refractivity contribution < 1.29 is 9.59 Å². The van der Waals surface area contributed by atoms with Crippen LogP contribution in [0.2, 0.25) is 0 Å². The van der Waals surface area contributed by atoms with Crippen molar-refractivity contribution in [2.75, 3.05) is 18.0 Å². The van der Waals surface area contributed by atoms with Crippen LogP contribution in [-0.2, 0) is 0 Å². The van der Waals surface area contributed by atoms with Crippen molar-refractivity contribution in [3.05, 3.63) is 29.8 Å². The zero-order chi connectivity index (χ0) is 15.8. The lowest BCUT2D eigenvalue weighted by atomic mass is 9.99. The monoisotopic (exact) mass is 350 g/mol. The highest BCUT2D eigenvalue weighted by Crippen LogP contribution is 2.27. The minimum absolute atomic E-state index is 0. The van der Waals surface area contributed by atoms with Gasteiger partial charge in [0, 0.05) is 42.5 Å². The second-order valence-electron chi connectivity index (χ2n) is 6.71. The van der Waals surface area contributed by atoms with Crippen LogP contribution in [0, 0.1) is 0 Å². The van der Waals surface area contributed by atoms with E-state index in [4.69, 9.17) is 0 Å². The number of piperidine rings is 1. The number of anilines is 1. The van der Waals surface area contributed by atoms with Gasteiger partial charge in [-0.25, -0.2) is 4.79 Å². The van der Waals surface area contributed by atoms with Crippen molar-refractivity contribution in [2.45, 2.75) is 43.8 Å². The fourth-order valence-corrected chi connectivity index (χ4v) is 3.95. The third kappa shape index (κ3) is 3.35. The smallest absolute Gasteiger partial charge is 0.321 e. The Morgan fingerprint density at radius 1 is 1.12 bits per heavy atom. The minimum atomic E-state index is -0.0765. The molecule has 24 heavy (non-hydrogen) atoms. The summed E-state index contributed by atoms with van der Waals surface area (Å²) in [5.74, 6) is -0.0197. The first kappa shape index (κ1) is 17.0. The third-order valence-electron chi connectivity index (χ3n) is 5.11. The first-order valence-corrected chi connectivity index (χ1v) is 8.41. The van der Waals surface area contributed by atoms with Crippen molar-refractivity contribution in [1.29, 1.82) is 0 Å². The lowest BCUT2D eigenvalue weighted by Crippen LogP contribution is -2.48. The van der Waals surface area contributed by atoms with Crippen molar-refractivity contribution in [1.82, 2.24) is 16.0 Å². The number of rotatable bonds is 3. The van der Waals surface area contributed by atoms with Crippen LogP contribution in [0.25, 0.3) is 0 Å². The molecule has 0 spiro atoms. The maximum absolute atomic E-state index is 12.4. The quantitative estimate of drug-likeness (QED) is 0.776. The van der Waals surface area contributed by atoms with E-state index in [9.17, 15) is 9.59 Å². The maximum atomic E-state index is 12.4. The number of carbonyl (C=O) groups is 2. The van der Waals surface area contributed by atoms with Crippen LogP contribution in [0.4, 0.5) is 10.5 Å². The second-order valence-corrected chi connectivity index (χ2v) is 6.71. The minimum Gasteiger partial charge on any atom is -0.349 e. The van der Waals surface area contributed by atoms with Gasteiger partial charge in [0.05, 0.1) is 0 Å². The Hall–Kier alpha value is -1.79. The van der Waals surface area contributed by atoms with Crippen molar-refractivity contribution >= 4 is 30.0 Å². The number of urea groups is 1. The Kier molecular flexibility index (Phi) is 4.96. The van der Waals surface area contributed by atoms with Crippen LogP contribution >= 0.6 is 12.4 Å². The predicted molar refractivity (Wildman–Crippen MR) is 94.9 cm³/mol. The number of nitrogens with zero attached hydrogens (tertiary/aromatic N) is 1. The summed E-state index contributed by atoms with van der Waals surface area (Å²) in [5.41, 5.74) is 1.48. The SMILES string of the molecule is Cl.O=C(NC1CC2CCC(C1)N2)c1ccc(N2CCNC2=O)cc1. The van der Waals surface area contributed by atoms with E-state index in [0.717, 1.165) is 18.5 Å². The van der Waals surface area contributed by atoms with E-state index >= 15 is 0 Å². The van der Waals surface area contributed by atoms with Gasteiger partial charge < -0.3 is 16.0 Å². The number of fused-ring (bicyclic) bond motifs is 2. The van der Waals surface area contributed by atoms with Gasteiger partial charge in [-0.15, -0.1) is 12.4 Å². The molecule has 2 atom stereocenters. The van der Waals surface area contributed by atoms with Crippen LogP contribution in [-0.4, -0.2) is 43.2 Å². The Morgan fingerprint density at radius 2 is 1.79 bits per heavy atom. The Balaban J connectivity index is 0.00000169. The molecule has 2 bridgehead atoms. The van der Waals surface area contributed by atoms with Crippen LogP contribution in [0.5, 0.6) is 0 Å². The number of benzene rings is 1. The maximum Gasteiger partial charge on any atom is 0.321 e. The standard InChI is InChI=1S/C17H22N4O2.ClH/c22-16(20-14-9-12-3-4-13(10-14)19-12)11-1-5-15(6-2-11)21-8-7-18-17(21)23;/h1-2,5-6,12-14,19H,3-4,7-10H2,(H,18,23)(H,20,22);1H. The van der Waals surface area contributed by atoms with Crippen molar-refractivity contribution in [3.63, 3.8) is 0 Å². The molecule has 3 aliphatic heterocycles. The van der Waals surface area contributed by atoms with Gasteiger partial charge in [0.15, 0.2) is 0 Å². The third-order valence-corrected chi connectivity index (χ3v) is 5.11. The largest absolute Gasteiger partial charge is 0.349 e.